The molecule has 3 aromatic rings. The number of benzene rings is 3. The van der Waals surface area contributed by atoms with Gasteiger partial charge in [-0.1, -0.05) is 70.0 Å². The minimum absolute atomic E-state index is 0.221. The molecule has 0 radical (unpaired) electrons. The molecule has 0 aromatic heterocycles. The van der Waals surface area contributed by atoms with E-state index in [2.05, 4.69) is 21.2 Å². The molecule has 0 spiro atoms. The Balaban J connectivity index is 1.86. The summed E-state index contributed by atoms with van der Waals surface area (Å²) in [5.74, 6) is 0. The van der Waals surface area contributed by atoms with Gasteiger partial charge in [-0.2, -0.15) is 4.31 Å². The molecular weight excluding hydrogens is 448 g/mol. The molecule has 4 rings (SSSR count). The zero-order chi connectivity index (χ0) is 19.0. The number of hydrogen-bond acceptors (Lipinski definition) is 3. The summed E-state index contributed by atoms with van der Waals surface area (Å²) in [6.07, 6.45) is -0.599. The minimum Gasteiger partial charge on any atom is -0.364 e. The molecular formula is C20H16BrClN2O2S. The van der Waals surface area contributed by atoms with Gasteiger partial charge in [0.25, 0.3) is 0 Å². The van der Waals surface area contributed by atoms with E-state index in [-0.39, 0.29) is 11.4 Å². The monoisotopic (exact) mass is 462 g/mol. The fourth-order valence-electron chi connectivity index (χ4n) is 3.22. The van der Waals surface area contributed by atoms with Gasteiger partial charge in [0.2, 0.25) is 10.0 Å². The number of para-hydroxylation sites is 1. The van der Waals surface area contributed by atoms with Crippen molar-refractivity contribution in [1.29, 1.82) is 0 Å². The summed E-state index contributed by atoms with van der Waals surface area (Å²) in [4.78, 5) is 0.267. The average Bonchev–Trinajstić information content (AvgIpc) is 2.65. The van der Waals surface area contributed by atoms with Gasteiger partial charge in [0, 0.05) is 21.6 Å². The summed E-state index contributed by atoms with van der Waals surface area (Å²) in [5, 5.41) is 3.86. The second-order valence-electron chi connectivity index (χ2n) is 6.24. The Bertz CT molecular complexity index is 1100. The van der Waals surface area contributed by atoms with Crippen LogP contribution in [0.3, 0.4) is 0 Å². The second-order valence-corrected chi connectivity index (χ2v) is 9.43. The Morgan fingerprint density at radius 2 is 1.74 bits per heavy atom. The highest BCUT2D eigenvalue weighted by atomic mass is 79.9. The lowest BCUT2D eigenvalue weighted by Gasteiger charge is -2.37. The molecule has 1 N–H and O–H groups in total. The SMILES string of the molecule is O=S1(=O)c2ccccc2N[C@H](c2ccccc2Cl)N1Cc1cccc(Br)c1. The van der Waals surface area contributed by atoms with E-state index >= 15 is 0 Å². The van der Waals surface area contributed by atoms with Crippen LogP contribution in [-0.4, -0.2) is 12.7 Å². The molecule has 0 amide bonds. The van der Waals surface area contributed by atoms with E-state index < -0.39 is 16.2 Å². The van der Waals surface area contributed by atoms with Crippen molar-refractivity contribution in [1.82, 2.24) is 4.31 Å². The molecule has 0 bridgehead atoms. The number of hydrogen-bond donors (Lipinski definition) is 1. The lowest BCUT2D eigenvalue weighted by Crippen LogP contribution is -2.42. The van der Waals surface area contributed by atoms with E-state index in [0.717, 1.165) is 10.0 Å². The van der Waals surface area contributed by atoms with Crippen LogP contribution in [0.25, 0.3) is 0 Å². The molecule has 4 nitrogen and oxygen atoms in total. The van der Waals surface area contributed by atoms with Crippen LogP contribution in [0.1, 0.15) is 17.3 Å². The molecule has 7 heteroatoms. The van der Waals surface area contributed by atoms with Crippen molar-refractivity contribution >= 4 is 43.2 Å². The van der Waals surface area contributed by atoms with Crippen molar-refractivity contribution in [2.75, 3.05) is 5.32 Å². The van der Waals surface area contributed by atoms with E-state index in [0.29, 0.717) is 16.3 Å². The maximum Gasteiger partial charge on any atom is 0.247 e. The molecule has 0 fully saturated rings. The molecule has 0 unspecified atom stereocenters. The largest absolute Gasteiger partial charge is 0.364 e. The third kappa shape index (κ3) is 3.50. The zero-order valence-corrected chi connectivity index (χ0v) is 17.3. The first-order valence-corrected chi connectivity index (χ1v) is 10.9. The van der Waals surface area contributed by atoms with Crippen LogP contribution in [0.4, 0.5) is 5.69 Å². The molecule has 0 saturated heterocycles. The molecule has 0 saturated carbocycles. The van der Waals surface area contributed by atoms with Crippen molar-refractivity contribution in [3.8, 4) is 0 Å². The average molecular weight is 464 g/mol. The van der Waals surface area contributed by atoms with Gasteiger partial charge < -0.3 is 5.32 Å². The zero-order valence-electron chi connectivity index (χ0n) is 14.1. The van der Waals surface area contributed by atoms with E-state index in [1.807, 2.05) is 48.5 Å². The van der Waals surface area contributed by atoms with Crippen molar-refractivity contribution in [3.63, 3.8) is 0 Å². The van der Waals surface area contributed by atoms with Gasteiger partial charge >= 0.3 is 0 Å². The Morgan fingerprint density at radius 3 is 2.52 bits per heavy atom. The number of sulfonamides is 1. The number of anilines is 1. The summed E-state index contributed by atoms with van der Waals surface area (Å²) in [7, 11) is -3.71. The van der Waals surface area contributed by atoms with Crippen molar-refractivity contribution < 1.29 is 8.42 Å². The van der Waals surface area contributed by atoms with E-state index in [9.17, 15) is 8.42 Å². The van der Waals surface area contributed by atoms with Gasteiger partial charge in [-0.05, 0) is 35.9 Å². The number of nitrogens with zero attached hydrogens (tertiary/aromatic N) is 1. The highest BCUT2D eigenvalue weighted by molar-refractivity contribution is 9.10. The summed E-state index contributed by atoms with van der Waals surface area (Å²) in [5.41, 5.74) is 2.17. The van der Waals surface area contributed by atoms with Gasteiger partial charge in [0.05, 0.1) is 5.69 Å². The van der Waals surface area contributed by atoms with Crippen LogP contribution in [0.5, 0.6) is 0 Å². The molecule has 1 aliphatic heterocycles. The Morgan fingerprint density at radius 1 is 1.00 bits per heavy atom. The number of halogens is 2. The van der Waals surface area contributed by atoms with Crippen molar-refractivity contribution in [2.45, 2.75) is 17.6 Å². The summed E-state index contributed by atoms with van der Waals surface area (Å²) in [6.45, 7) is 0.221. The molecule has 1 aliphatic rings. The molecule has 27 heavy (non-hydrogen) atoms. The first-order chi connectivity index (χ1) is 13.0. The third-order valence-corrected chi connectivity index (χ3v) is 7.19. The van der Waals surface area contributed by atoms with E-state index in [4.69, 9.17) is 11.6 Å². The fraction of sp³-hybridized carbons (Fsp3) is 0.100. The Labute approximate surface area is 172 Å². The van der Waals surface area contributed by atoms with Crippen LogP contribution < -0.4 is 5.32 Å². The quantitative estimate of drug-likeness (QED) is 0.564. The highest BCUT2D eigenvalue weighted by Gasteiger charge is 2.39. The highest BCUT2D eigenvalue weighted by Crippen LogP contribution is 2.40. The van der Waals surface area contributed by atoms with Gasteiger partial charge in [0.15, 0.2) is 0 Å². The van der Waals surface area contributed by atoms with Gasteiger partial charge in [-0.15, -0.1) is 0 Å². The van der Waals surface area contributed by atoms with Crippen LogP contribution in [-0.2, 0) is 16.6 Å². The standard InChI is InChI=1S/C20H16BrClN2O2S/c21-15-7-5-6-14(12-15)13-24-20(16-8-1-2-9-17(16)22)23-18-10-3-4-11-19(18)27(24,25)26/h1-12,20,23H,13H2/t20-/m0/s1. The maximum atomic E-state index is 13.4. The van der Waals surface area contributed by atoms with Gasteiger partial charge in [0.1, 0.15) is 11.1 Å². The Hall–Kier alpha value is -1.86. The topological polar surface area (TPSA) is 49.4 Å². The summed E-state index contributed by atoms with van der Waals surface area (Å²) in [6, 6.07) is 21.9. The van der Waals surface area contributed by atoms with Crippen LogP contribution in [0.15, 0.2) is 82.2 Å². The first kappa shape index (κ1) is 18.5. The first-order valence-electron chi connectivity index (χ1n) is 8.33. The van der Waals surface area contributed by atoms with E-state index in [1.54, 1.807) is 24.3 Å². The molecule has 1 atom stereocenters. The fourth-order valence-corrected chi connectivity index (χ4v) is 5.57. The third-order valence-electron chi connectivity index (χ3n) is 4.48. The number of fused-ring (bicyclic) bond motifs is 1. The smallest absolute Gasteiger partial charge is 0.247 e. The van der Waals surface area contributed by atoms with Crippen LogP contribution in [0, 0.1) is 0 Å². The van der Waals surface area contributed by atoms with Crippen molar-refractivity contribution in [2.24, 2.45) is 0 Å². The Kier molecular flexibility index (Phi) is 4.99. The van der Waals surface area contributed by atoms with Gasteiger partial charge in [-0.25, -0.2) is 8.42 Å². The van der Waals surface area contributed by atoms with E-state index in [1.165, 1.54) is 4.31 Å². The molecule has 0 aliphatic carbocycles. The summed E-state index contributed by atoms with van der Waals surface area (Å²) < 4.78 is 29.2. The predicted molar refractivity (Wildman–Crippen MR) is 111 cm³/mol. The second kappa shape index (κ2) is 7.28. The number of nitrogens with one attached hydrogen (secondary N) is 1. The molecule has 138 valence electrons. The number of rotatable bonds is 3. The van der Waals surface area contributed by atoms with Gasteiger partial charge in [-0.3, -0.25) is 0 Å². The van der Waals surface area contributed by atoms with Crippen molar-refractivity contribution in [3.05, 3.63) is 93.4 Å². The predicted octanol–water partition coefficient (Wildman–Crippen LogP) is 5.42. The van der Waals surface area contributed by atoms with Crippen LogP contribution in [0.2, 0.25) is 5.02 Å². The normalized spacial score (nSPS) is 18.5. The van der Waals surface area contributed by atoms with Crippen LogP contribution >= 0.6 is 27.5 Å². The molecule has 3 aromatic carbocycles. The summed E-state index contributed by atoms with van der Waals surface area (Å²) >= 11 is 9.85. The lowest BCUT2D eigenvalue weighted by atomic mass is 10.1. The maximum absolute atomic E-state index is 13.4. The minimum atomic E-state index is -3.71. The molecule has 1 heterocycles. The lowest BCUT2D eigenvalue weighted by molar-refractivity contribution is 0.336.